The molecule has 1 saturated heterocycles. The number of rotatable bonds is 3. The lowest BCUT2D eigenvalue weighted by molar-refractivity contribution is -0.121. The fourth-order valence-corrected chi connectivity index (χ4v) is 5.61. The highest BCUT2D eigenvalue weighted by molar-refractivity contribution is 9.11. The number of nitrogens with zero attached hydrogens (tertiary/aromatic N) is 1. The van der Waals surface area contributed by atoms with Crippen LogP contribution >= 0.6 is 27.3 Å². The lowest BCUT2D eigenvalue weighted by Gasteiger charge is -2.20. The number of amides is 1. The molecule has 1 aromatic rings. The number of hydrogen-bond acceptors (Lipinski definition) is 4. The minimum absolute atomic E-state index is 0.0646. The van der Waals surface area contributed by atoms with Crippen LogP contribution in [0.15, 0.2) is 20.1 Å². The van der Waals surface area contributed by atoms with Crippen LogP contribution in [-0.4, -0.2) is 37.4 Å². The molecule has 0 radical (unpaired) electrons. The number of alkyl halides is 1. The molecule has 1 amide bonds. The molecule has 0 bridgehead atoms. The van der Waals surface area contributed by atoms with Crippen molar-refractivity contribution in [3.05, 3.63) is 15.9 Å². The second-order valence-electron chi connectivity index (χ2n) is 3.88. The van der Waals surface area contributed by atoms with Gasteiger partial charge in [-0.25, -0.2) is 12.8 Å². The van der Waals surface area contributed by atoms with E-state index in [1.54, 1.807) is 6.07 Å². The smallest absolute Gasteiger partial charge is 0.253 e. The lowest BCUT2D eigenvalue weighted by atomic mass is 10.2. The van der Waals surface area contributed by atoms with Crippen LogP contribution in [0.25, 0.3) is 0 Å². The monoisotopic (exact) mass is 356 g/mol. The summed E-state index contributed by atoms with van der Waals surface area (Å²) in [5.74, 6) is -0.825. The molecule has 1 aliphatic rings. The molecule has 0 aromatic carbocycles. The van der Waals surface area contributed by atoms with Gasteiger partial charge in [-0.3, -0.25) is 4.79 Å². The zero-order valence-electron chi connectivity index (χ0n) is 9.05. The molecular weight excluding hydrogens is 347 g/mol. The minimum Gasteiger partial charge on any atom is -0.368 e. The van der Waals surface area contributed by atoms with Crippen LogP contribution in [0.5, 0.6) is 0 Å². The van der Waals surface area contributed by atoms with E-state index in [2.05, 4.69) is 15.9 Å². The zero-order chi connectivity index (χ0) is 13.5. The molecule has 0 spiro atoms. The van der Waals surface area contributed by atoms with Crippen LogP contribution < -0.4 is 5.73 Å². The number of primary amides is 1. The molecule has 100 valence electrons. The van der Waals surface area contributed by atoms with Crippen molar-refractivity contribution in [3.63, 3.8) is 0 Å². The second-order valence-corrected chi connectivity index (χ2v) is 8.46. The van der Waals surface area contributed by atoms with Crippen LogP contribution in [0.2, 0.25) is 0 Å². The average Bonchev–Trinajstić information content (AvgIpc) is 2.84. The number of hydrogen-bond donors (Lipinski definition) is 1. The summed E-state index contributed by atoms with van der Waals surface area (Å²) in [6, 6.07) is 1.89. The number of carbonyl (C=O) groups is 1. The molecule has 1 fully saturated rings. The molecule has 0 unspecified atom stereocenters. The maximum absolute atomic E-state index is 13.3. The summed E-state index contributed by atoms with van der Waals surface area (Å²) in [7, 11) is -3.86. The van der Waals surface area contributed by atoms with Crippen molar-refractivity contribution in [3.8, 4) is 0 Å². The van der Waals surface area contributed by atoms with Gasteiger partial charge in [0.2, 0.25) is 5.91 Å². The second kappa shape index (κ2) is 4.87. The van der Waals surface area contributed by atoms with Crippen LogP contribution in [0.4, 0.5) is 4.39 Å². The van der Waals surface area contributed by atoms with Crippen molar-refractivity contribution in [2.75, 3.05) is 6.54 Å². The highest BCUT2D eigenvalue weighted by Crippen LogP contribution is 2.32. The van der Waals surface area contributed by atoms with E-state index < -0.39 is 28.1 Å². The van der Waals surface area contributed by atoms with E-state index in [1.807, 2.05) is 0 Å². The Balaban J connectivity index is 2.38. The summed E-state index contributed by atoms with van der Waals surface area (Å²) in [6.07, 6.45) is -1.54. The molecule has 2 atom stereocenters. The maximum Gasteiger partial charge on any atom is 0.253 e. The van der Waals surface area contributed by atoms with Gasteiger partial charge in [-0.2, -0.15) is 4.31 Å². The SMILES string of the molecule is NC(=O)[C@@H]1C[C@@H](F)CN1S(=O)(=O)c1ccc(Br)s1. The van der Waals surface area contributed by atoms with Crippen molar-refractivity contribution in [1.29, 1.82) is 0 Å². The summed E-state index contributed by atoms with van der Waals surface area (Å²) in [5.41, 5.74) is 5.11. The molecule has 0 aliphatic carbocycles. The highest BCUT2D eigenvalue weighted by Gasteiger charge is 2.43. The van der Waals surface area contributed by atoms with E-state index in [0.29, 0.717) is 3.79 Å². The quantitative estimate of drug-likeness (QED) is 0.880. The van der Waals surface area contributed by atoms with Crippen LogP contribution in [0.1, 0.15) is 6.42 Å². The van der Waals surface area contributed by atoms with E-state index in [9.17, 15) is 17.6 Å². The van der Waals surface area contributed by atoms with E-state index in [1.165, 1.54) is 6.07 Å². The molecule has 5 nitrogen and oxygen atoms in total. The predicted octanol–water partition coefficient (Wildman–Crippen LogP) is 1.10. The summed E-state index contributed by atoms with van der Waals surface area (Å²) >= 11 is 4.17. The number of nitrogens with two attached hydrogens (primary N) is 1. The average molecular weight is 357 g/mol. The molecule has 2 N–H and O–H groups in total. The van der Waals surface area contributed by atoms with Crippen LogP contribution in [0, 0.1) is 0 Å². The van der Waals surface area contributed by atoms with Gasteiger partial charge in [-0.05, 0) is 28.1 Å². The summed E-state index contributed by atoms with van der Waals surface area (Å²) in [6.45, 7) is -0.328. The van der Waals surface area contributed by atoms with Gasteiger partial charge in [-0.15, -0.1) is 11.3 Å². The van der Waals surface area contributed by atoms with Gasteiger partial charge >= 0.3 is 0 Å². The van der Waals surface area contributed by atoms with E-state index in [-0.39, 0.29) is 17.2 Å². The Hall–Kier alpha value is -0.510. The Bertz CT molecular complexity index is 574. The van der Waals surface area contributed by atoms with E-state index in [4.69, 9.17) is 5.73 Å². The summed E-state index contributed by atoms with van der Waals surface area (Å²) < 4.78 is 39.4. The Morgan fingerprint density at radius 1 is 1.56 bits per heavy atom. The van der Waals surface area contributed by atoms with E-state index >= 15 is 0 Å². The van der Waals surface area contributed by atoms with Gasteiger partial charge in [0, 0.05) is 13.0 Å². The first-order valence-corrected chi connectivity index (χ1v) is 8.08. The Morgan fingerprint density at radius 2 is 2.22 bits per heavy atom. The molecule has 1 aliphatic heterocycles. The van der Waals surface area contributed by atoms with Gasteiger partial charge < -0.3 is 5.73 Å². The fraction of sp³-hybridized carbons (Fsp3) is 0.444. The third-order valence-corrected chi connectivity index (χ3v) is 6.61. The third kappa shape index (κ3) is 2.44. The van der Waals surface area contributed by atoms with Gasteiger partial charge in [0.05, 0.1) is 3.79 Å². The van der Waals surface area contributed by atoms with Gasteiger partial charge in [-0.1, -0.05) is 0 Å². The Morgan fingerprint density at radius 3 is 2.72 bits per heavy atom. The summed E-state index contributed by atoms with van der Waals surface area (Å²) in [4.78, 5) is 11.2. The number of carbonyl (C=O) groups excluding carboxylic acids is 1. The fourth-order valence-electron chi connectivity index (χ4n) is 1.83. The Labute approximate surface area is 116 Å². The van der Waals surface area contributed by atoms with E-state index in [0.717, 1.165) is 15.6 Å². The van der Waals surface area contributed by atoms with Gasteiger partial charge in [0.25, 0.3) is 10.0 Å². The standard InChI is InChI=1S/C9H10BrFN2O3S2/c10-7-1-2-8(17-7)18(15,16)13-4-5(11)3-6(13)9(12)14/h1-2,5-6H,3-4H2,(H2,12,14)/t5-,6+/m1/s1. The highest BCUT2D eigenvalue weighted by atomic mass is 79.9. The molecule has 18 heavy (non-hydrogen) atoms. The Kier molecular flexibility index (Phi) is 3.77. The third-order valence-electron chi connectivity index (χ3n) is 2.64. The maximum atomic E-state index is 13.3. The largest absolute Gasteiger partial charge is 0.368 e. The molecule has 9 heteroatoms. The first kappa shape index (κ1) is 13.9. The van der Waals surface area contributed by atoms with Crippen molar-refractivity contribution >= 4 is 43.2 Å². The minimum atomic E-state index is -3.86. The molecule has 2 rings (SSSR count). The van der Waals surface area contributed by atoms with Crippen LogP contribution in [0.3, 0.4) is 0 Å². The normalized spacial score (nSPS) is 25.4. The molecule has 0 saturated carbocycles. The summed E-state index contributed by atoms with van der Waals surface area (Å²) in [5, 5.41) is 0. The van der Waals surface area contributed by atoms with Crippen molar-refractivity contribution in [2.45, 2.75) is 22.8 Å². The number of thiophene rings is 1. The first-order valence-electron chi connectivity index (χ1n) is 5.03. The van der Waals surface area contributed by atoms with Crippen molar-refractivity contribution in [1.82, 2.24) is 4.31 Å². The molecular formula is C9H10BrFN2O3S2. The topological polar surface area (TPSA) is 80.5 Å². The van der Waals surface area contributed by atoms with Crippen molar-refractivity contribution in [2.24, 2.45) is 5.73 Å². The van der Waals surface area contributed by atoms with Crippen molar-refractivity contribution < 1.29 is 17.6 Å². The predicted molar refractivity (Wildman–Crippen MR) is 68.4 cm³/mol. The molecule has 1 aromatic heterocycles. The lowest BCUT2D eigenvalue weighted by Crippen LogP contribution is -2.43. The van der Waals surface area contributed by atoms with Gasteiger partial charge in [0.15, 0.2) is 0 Å². The number of sulfonamides is 1. The van der Waals surface area contributed by atoms with Crippen LogP contribution in [-0.2, 0) is 14.8 Å². The first-order chi connectivity index (χ1) is 8.32. The zero-order valence-corrected chi connectivity index (χ0v) is 12.3. The molecule has 2 heterocycles. The van der Waals surface area contributed by atoms with Gasteiger partial charge in [0.1, 0.15) is 16.4 Å². The number of halogens is 2.